The molecule has 2 N–H and O–H groups in total. The lowest BCUT2D eigenvalue weighted by atomic mass is 10.4. The molecule has 0 heterocycles. The van der Waals surface area contributed by atoms with Gasteiger partial charge in [-0.25, -0.2) is 9.59 Å². The van der Waals surface area contributed by atoms with Crippen molar-refractivity contribution in [1.29, 1.82) is 0 Å². The Morgan fingerprint density at radius 3 is 2.75 bits per heavy atom. The Bertz CT molecular complexity index is 178. The van der Waals surface area contributed by atoms with Crippen LogP contribution in [0.2, 0.25) is 0 Å². The van der Waals surface area contributed by atoms with Crippen LogP contribution in [0.15, 0.2) is 12.7 Å². The third-order valence-corrected chi connectivity index (χ3v) is 0.908. The summed E-state index contributed by atoms with van der Waals surface area (Å²) in [6, 6.07) is 0. The monoisotopic (exact) mass is 172 g/mol. The molecule has 1 amide bonds. The number of nitrogens with one attached hydrogen (secondary N) is 1. The Kier molecular flexibility index (Phi) is 5.42. The molecule has 0 fully saturated rings. The molecule has 0 aliphatic rings. The van der Waals surface area contributed by atoms with E-state index in [0.717, 1.165) is 6.08 Å². The summed E-state index contributed by atoms with van der Waals surface area (Å²) >= 11 is 0. The molecule has 0 aliphatic carbocycles. The molecular weight excluding hydrogens is 162 g/mol. The molecule has 5 heteroatoms. The second-order valence-electron chi connectivity index (χ2n) is 1.81. The van der Waals surface area contributed by atoms with Gasteiger partial charge in [0.05, 0.1) is 6.61 Å². The van der Waals surface area contributed by atoms with Crippen LogP contribution in [0.5, 0.6) is 0 Å². The summed E-state index contributed by atoms with van der Waals surface area (Å²) < 4.78 is 4.53. The molecule has 0 aromatic carbocycles. The topological polar surface area (TPSA) is 75.6 Å². The zero-order chi connectivity index (χ0) is 9.40. The highest BCUT2D eigenvalue weighted by atomic mass is 16.5. The van der Waals surface area contributed by atoms with Gasteiger partial charge in [0.2, 0.25) is 0 Å². The first-order chi connectivity index (χ1) is 5.66. The van der Waals surface area contributed by atoms with Gasteiger partial charge < -0.3 is 15.2 Å². The van der Waals surface area contributed by atoms with Gasteiger partial charge in [-0.1, -0.05) is 6.58 Å². The van der Waals surface area contributed by atoms with E-state index in [1.165, 1.54) is 6.42 Å². The third kappa shape index (κ3) is 6.60. The highest BCUT2D eigenvalue weighted by Crippen LogP contribution is 1.82. The van der Waals surface area contributed by atoms with E-state index < -0.39 is 12.1 Å². The molecule has 0 aromatic heterocycles. The molecule has 0 rings (SSSR count). The predicted molar refractivity (Wildman–Crippen MR) is 41.5 cm³/mol. The van der Waals surface area contributed by atoms with Crippen LogP contribution in [0.1, 0.15) is 0 Å². The highest BCUT2D eigenvalue weighted by Gasteiger charge is 1.96. The van der Waals surface area contributed by atoms with Crippen LogP contribution >= 0.6 is 0 Å². The second-order valence-corrected chi connectivity index (χ2v) is 1.81. The van der Waals surface area contributed by atoms with E-state index in [-0.39, 0.29) is 13.2 Å². The first-order valence-corrected chi connectivity index (χ1v) is 3.24. The van der Waals surface area contributed by atoms with Crippen molar-refractivity contribution in [3.05, 3.63) is 19.1 Å². The number of esters is 1. The fourth-order valence-corrected chi connectivity index (χ4v) is 0.418. The summed E-state index contributed by atoms with van der Waals surface area (Å²) in [5, 5.41) is 10.2. The molecule has 0 unspecified atom stereocenters. The van der Waals surface area contributed by atoms with E-state index in [2.05, 4.69) is 16.6 Å². The standard InChI is InChI=1S/C7H10NO4/c1-2-6(9)12-5-3-4-8-7(10)11/h2-3,8H,1,4-5H2,(H,10,11). The first-order valence-electron chi connectivity index (χ1n) is 3.24. The molecule has 5 nitrogen and oxygen atoms in total. The maximum atomic E-state index is 10.4. The number of rotatable bonds is 5. The van der Waals surface area contributed by atoms with E-state index in [9.17, 15) is 9.59 Å². The van der Waals surface area contributed by atoms with E-state index in [1.54, 1.807) is 0 Å². The van der Waals surface area contributed by atoms with E-state index >= 15 is 0 Å². The minimum atomic E-state index is -1.11. The van der Waals surface area contributed by atoms with Crippen molar-refractivity contribution >= 4 is 12.1 Å². The summed E-state index contributed by atoms with van der Waals surface area (Å²) in [6.45, 7) is 3.42. The van der Waals surface area contributed by atoms with Crippen molar-refractivity contribution in [2.45, 2.75) is 0 Å². The van der Waals surface area contributed by atoms with Crippen LogP contribution in [0, 0.1) is 6.42 Å². The molecule has 0 saturated carbocycles. The van der Waals surface area contributed by atoms with Gasteiger partial charge >= 0.3 is 12.1 Å². The van der Waals surface area contributed by atoms with Crippen LogP contribution in [-0.2, 0) is 9.53 Å². The van der Waals surface area contributed by atoms with E-state index in [1.807, 2.05) is 0 Å². The summed E-state index contributed by atoms with van der Waals surface area (Å²) in [5.74, 6) is -0.526. The van der Waals surface area contributed by atoms with Gasteiger partial charge in [-0.2, -0.15) is 0 Å². The number of carboxylic acid groups (broad SMARTS) is 1. The number of hydrogen-bond donors (Lipinski definition) is 2. The lowest BCUT2D eigenvalue weighted by Crippen LogP contribution is -2.23. The summed E-state index contributed by atoms with van der Waals surface area (Å²) in [5.41, 5.74) is 0. The molecule has 0 aromatic rings. The number of carbonyl (C=O) groups excluding carboxylic acids is 1. The van der Waals surface area contributed by atoms with Crippen LogP contribution in [0.3, 0.4) is 0 Å². The van der Waals surface area contributed by atoms with Crippen molar-refractivity contribution in [2.75, 3.05) is 13.2 Å². The Hall–Kier alpha value is -1.52. The van der Waals surface area contributed by atoms with Crippen molar-refractivity contribution in [1.82, 2.24) is 5.32 Å². The van der Waals surface area contributed by atoms with Crippen LogP contribution < -0.4 is 5.32 Å². The normalized spacial score (nSPS) is 8.67. The lowest BCUT2D eigenvalue weighted by Gasteiger charge is -2.00. The smallest absolute Gasteiger partial charge is 0.404 e. The predicted octanol–water partition coefficient (Wildman–Crippen LogP) is 0.187. The average molecular weight is 172 g/mol. The molecule has 0 saturated heterocycles. The van der Waals surface area contributed by atoms with Crippen LogP contribution in [0.25, 0.3) is 0 Å². The summed E-state index contributed by atoms with van der Waals surface area (Å²) in [6.07, 6.45) is 1.41. The lowest BCUT2D eigenvalue weighted by molar-refractivity contribution is -0.136. The SMILES string of the molecule is C=CC(=O)OC[CH]CNC(=O)O. The van der Waals surface area contributed by atoms with Gasteiger partial charge in [-0.15, -0.1) is 0 Å². The van der Waals surface area contributed by atoms with E-state index in [0.29, 0.717) is 0 Å². The Morgan fingerprint density at radius 2 is 2.25 bits per heavy atom. The Labute approximate surface area is 70.0 Å². The molecular formula is C7H10NO4. The number of hydrogen-bond acceptors (Lipinski definition) is 3. The summed E-state index contributed by atoms with van der Waals surface area (Å²) in [7, 11) is 0. The molecule has 12 heavy (non-hydrogen) atoms. The number of ether oxygens (including phenoxy) is 1. The maximum absolute atomic E-state index is 10.4. The third-order valence-electron chi connectivity index (χ3n) is 0.908. The van der Waals surface area contributed by atoms with Crippen molar-refractivity contribution < 1.29 is 19.4 Å². The van der Waals surface area contributed by atoms with Crippen molar-refractivity contribution in [3.8, 4) is 0 Å². The second kappa shape index (κ2) is 6.21. The number of amides is 1. The fourth-order valence-electron chi connectivity index (χ4n) is 0.418. The zero-order valence-electron chi connectivity index (χ0n) is 6.45. The van der Waals surface area contributed by atoms with Crippen LogP contribution in [-0.4, -0.2) is 30.3 Å². The molecule has 1 radical (unpaired) electrons. The number of carbonyl (C=O) groups is 2. The van der Waals surface area contributed by atoms with Crippen molar-refractivity contribution in [3.63, 3.8) is 0 Å². The largest absolute Gasteiger partial charge is 0.465 e. The fraction of sp³-hybridized carbons (Fsp3) is 0.286. The maximum Gasteiger partial charge on any atom is 0.404 e. The summed E-state index contributed by atoms with van der Waals surface area (Å²) in [4.78, 5) is 20.3. The highest BCUT2D eigenvalue weighted by molar-refractivity contribution is 5.81. The van der Waals surface area contributed by atoms with Gasteiger partial charge in [0, 0.05) is 19.0 Å². The minimum Gasteiger partial charge on any atom is -0.465 e. The zero-order valence-corrected chi connectivity index (χ0v) is 6.45. The quantitative estimate of drug-likeness (QED) is 0.352. The van der Waals surface area contributed by atoms with Crippen LogP contribution in [0.4, 0.5) is 4.79 Å². The van der Waals surface area contributed by atoms with Gasteiger partial charge in [-0.3, -0.25) is 0 Å². The minimum absolute atomic E-state index is 0.0745. The molecule has 0 bridgehead atoms. The van der Waals surface area contributed by atoms with E-state index in [4.69, 9.17) is 5.11 Å². The Balaban J connectivity index is 3.16. The van der Waals surface area contributed by atoms with Gasteiger partial charge in [0.25, 0.3) is 0 Å². The van der Waals surface area contributed by atoms with Crippen molar-refractivity contribution in [2.24, 2.45) is 0 Å². The Morgan fingerprint density at radius 1 is 1.58 bits per heavy atom. The van der Waals surface area contributed by atoms with Gasteiger partial charge in [-0.05, 0) is 0 Å². The molecule has 0 atom stereocenters. The molecule has 0 aliphatic heterocycles. The van der Waals surface area contributed by atoms with Gasteiger partial charge in [0.1, 0.15) is 0 Å². The molecule has 0 spiro atoms. The first kappa shape index (κ1) is 10.5. The average Bonchev–Trinajstić information content (AvgIpc) is 2.03. The van der Waals surface area contributed by atoms with Gasteiger partial charge in [0.15, 0.2) is 0 Å². The molecule has 67 valence electrons.